The minimum Gasteiger partial charge on any atom is -0.246 e. The number of halogens is 2. The van der Waals surface area contributed by atoms with Crippen molar-refractivity contribution in [3.05, 3.63) is 74.9 Å². The Labute approximate surface area is 152 Å². The summed E-state index contributed by atoms with van der Waals surface area (Å²) in [4.78, 5) is 16.8. The molecule has 0 aliphatic heterocycles. The van der Waals surface area contributed by atoms with Crippen LogP contribution in [0, 0.1) is 6.92 Å². The Bertz CT molecular complexity index is 1130. The van der Waals surface area contributed by atoms with Crippen LogP contribution in [0.3, 0.4) is 0 Å². The van der Waals surface area contributed by atoms with Crippen LogP contribution in [-0.2, 0) is 0 Å². The molecule has 0 amide bonds. The Hall–Kier alpha value is -2.63. The van der Waals surface area contributed by atoms with Crippen molar-refractivity contribution >= 4 is 28.8 Å². The number of rotatable bonds is 2. The van der Waals surface area contributed by atoms with Crippen LogP contribution in [0.2, 0.25) is 10.0 Å². The van der Waals surface area contributed by atoms with Gasteiger partial charge in [-0.25, -0.2) is 19.3 Å². The first-order chi connectivity index (χ1) is 12.0. The van der Waals surface area contributed by atoms with Crippen LogP contribution < -0.4 is 5.69 Å². The summed E-state index contributed by atoms with van der Waals surface area (Å²) in [6.45, 7) is 1.77. The molecule has 5 nitrogen and oxygen atoms in total. The van der Waals surface area contributed by atoms with Gasteiger partial charge < -0.3 is 0 Å². The molecular formula is C18H12Cl2N4O. The Morgan fingerprint density at radius 1 is 0.920 bits per heavy atom. The summed E-state index contributed by atoms with van der Waals surface area (Å²) in [6.07, 6.45) is 0. The molecule has 0 bridgehead atoms. The van der Waals surface area contributed by atoms with Crippen molar-refractivity contribution in [1.82, 2.24) is 19.6 Å². The van der Waals surface area contributed by atoms with Crippen LogP contribution in [0.1, 0.15) is 5.82 Å². The van der Waals surface area contributed by atoms with E-state index in [4.69, 9.17) is 23.2 Å². The van der Waals surface area contributed by atoms with Crippen LogP contribution in [0.25, 0.3) is 28.0 Å². The molecule has 0 aliphatic rings. The molecule has 2 aromatic heterocycles. The van der Waals surface area contributed by atoms with E-state index in [-0.39, 0.29) is 5.69 Å². The summed E-state index contributed by atoms with van der Waals surface area (Å²) in [5.41, 5.74) is 3.43. The number of fused-ring (bicyclic) bond motifs is 1. The first kappa shape index (κ1) is 15.9. The average Bonchev–Trinajstić information content (AvgIpc) is 2.99. The Kier molecular flexibility index (Phi) is 3.82. The lowest BCUT2D eigenvalue weighted by atomic mass is 10.00. The maximum atomic E-state index is 12.1. The highest BCUT2D eigenvalue weighted by atomic mass is 35.5. The standard InChI is InChI=1S/C18H12Cl2N4O/c1-10-21-16(12-4-8-14(20)9-5-12)15(11-2-6-13(19)7-3-11)17-22-23-18(25)24(10)17/h2-9H,1H3,(H,23,25). The van der Waals surface area contributed by atoms with E-state index in [0.29, 0.717) is 21.5 Å². The quantitative estimate of drug-likeness (QED) is 0.569. The SMILES string of the molecule is Cc1nc(-c2ccc(Cl)cc2)c(-c2ccc(Cl)cc2)c2n[nH]c(=O)n12. The summed E-state index contributed by atoms with van der Waals surface area (Å²) in [5, 5.41) is 7.98. The van der Waals surface area contributed by atoms with E-state index in [9.17, 15) is 4.79 Å². The molecule has 124 valence electrons. The lowest BCUT2D eigenvalue weighted by Gasteiger charge is -2.12. The van der Waals surface area contributed by atoms with Crippen molar-refractivity contribution < 1.29 is 0 Å². The molecule has 0 fully saturated rings. The highest BCUT2D eigenvalue weighted by molar-refractivity contribution is 6.31. The average molecular weight is 371 g/mol. The zero-order valence-corrected chi connectivity index (χ0v) is 14.6. The number of nitrogens with one attached hydrogen (secondary N) is 1. The van der Waals surface area contributed by atoms with Crippen molar-refractivity contribution in [3.63, 3.8) is 0 Å². The largest absolute Gasteiger partial charge is 0.349 e. The lowest BCUT2D eigenvalue weighted by Crippen LogP contribution is -2.14. The van der Waals surface area contributed by atoms with E-state index in [0.717, 1.165) is 22.4 Å². The predicted octanol–water partition coefficient (Wildman–Crippen LogP) is 4.37. The summed E-state index contributed by atoms with van der Waals surface area (Å²) >= 11 is 12.0. The molecule has 0 saturated carbocycles. The van der Waals surface area contributed by atoms with Gasteiger partial charge in [-0.15, -0.1) is 0 Å². The van der Waals surface area contributed by atoms with Crippen molar-refractivity contribution in [2.45, 2.75) is 6.92 Å². The lowest BCUT2D eigenvalue weighted by molar-refractivity contribution is 0.940. The minimum absolute atomic E-state index is 0.321. The molecule has 4 rings (SSSR count). The zero-order chi connectivity index (χ0) is 17.6. The van der Waals surface area contributed by atoms with Crippen molar-refractivity contribution in [2.75, 3.05) is 0 Å². The molecule has 7 heteroatoms. The number of hydrogen-bond acceptors (Lipinski definition) is 3. The van der Waals surface area contributed by atoms with Gasteiger partial charge in [0.05, 0.1) is 11.3 Å². The first-order valence-corrected chi connectivity index (χ1v) is 8.30. The normalized spacial score (nSPS) is 11.2. The molecule has 1 N–H and O–H groups in total. The Balaban J connectivity index is 2.11. The molecule has 0 radical (unpaired) electrons. The first-order valence-electron chi connectivity index (χ1n) is 7.54. The number of aryl methyl sites for hydroxylation is 1. The molecular weight excluding hydrogens is 359 g/mol. The number of aromatic amines is 1. The summed E-state index contributed by atoms with van der Waals surface area (Å²) < 4.78 is 1.46. The molecule has 2 heterocycles. The maximum Gasteiger partial charge on any atom is 0.349 e. The third kappa shape index (κ3) is 2.71. The van der Waals surface area contributed by atoms with E-state index in [1.807, 2.05) is 24.3 Å². The van der Waals surface area contributed by atoms with Crippen LogP contribution in [0.4, 0.5) is 0 Å². The number of nitrogens with zero attached hydrogens (tertiary/aromatic N) is 3. The van der Waals surface area contributed by atoms with Crippen LogP contribution in [0.15, 0.2) is 53.3 Å². The highest BCUT2D eigenvalue weighted by Gasteiger charge is 2.18. The van der Waals surface area contributed by atoms with E-state index in [1.165, 1.54) is 4.40 Å². The van der Waals surface area contributed by atoms with Crippen LogP contribution >= 0.6 is 23.2 Å². The molecule has 0 aliphatic carbocycles. The van der Waals surface area contributed by atoms with Crippen molar-refractivity contribution in [1.29, 1.82) is 0 Å². The van der Waals surface area contributed by atoms with Crippen LogP contribution in [0.5, 0.6) is 0 Å². The second-order valence-corrected chi connectivity index (χ2v) is 6.46. The van der Waals surface area contributed by atoms with E-state index in [2.05, 4.69) is 15.2 Å². The molecule has 0 atom stereocenters. The summed E-state index contributed by atoms with van der Waals surface area (Å²) in [5.74, 6) is 0.552. The van der Waals surface area contributed by atoms with Gasteiger partial charge in [0.2, 0.25) is 0 Å². The predicted molar refractivity (Wildman–Crippen MR) is 99.2 cm³/mol. The second kappa shape index (κ2) is 6.02. The van der Waals surface area contributed by atoms with Gasteiger partial charge in [0.1, 0.15) is 5.82 Å². The Morgan fingerprint density at radius 3 is 2.08 bits per heavy atom. The molecule has 25 heavy (non-hydrogen) atoms. The van der Waals surface area contributed by atoms with Gasteiger partial charge in [-0.2, -0.15) is 5.10 Å². The Morgan fingerprint density at radius 2 is 1.48 bits per heavy atom. The highest BCUT2D eigenvalue weighted by Crippen LogP contribution is 2.34. The maximum absolute atomic E-state index is 12.1. The number of aromatic nitrogens is 4. The third-order valence-corrected chi connectivity index (χ3v) is 4.48. The summed E-state index contributed by atoms with van der Waals surface area (Å²) in [6, 6.07) is 14.8. The van der Waals surface area contributed by atoms with Gasteiger partial charge in [0, 0.05) is 15.6 Å². The number of benzene rings is 2. The molecule has 0 saturated heterocycles. The second-order valence-electron chi connectivity index (χ2n) is 5.58. The molecule has 2 aromatic carbocycles. The summed E-state index contributed by atoms with van der Waals surface area (Å²) in [7, 11) is 0. The van der Waals surface area contributed by atoms with Crippen molar-refractivity contribution in [2.24, 2.45) is 0 Å². The fourth-order valence-electron chi connectivity index (χ4n) is 2.84. The van der Waals surface area contributed by atoms with Crippen LogP contribution in [-0.4, -0.2) is 19.6 Å². The molecule has 4 aromatic rings. The number of H-pyrrole nitrogens is 1. The van der Waals surface area contributed by atoms with Gasteiger partial charge >= 0.3 is 5.69 Å². The smallest absolute Gasteiger partial charge is 0.246 e. The zero-order valence-electron chi connectivity index (χ0n) is 13.1. The number of hydrogen-bond donors (Lipinski definition) is 1. The fraction of sp³-hybridized carbons (Fsp3) is 0.0556. The van der Waals surface area contributed by atoms with Gasteiger partial charge in [-0.1, -0.05) is 47.5 Å². The van der Waals surface area contributed by atoms with Gasteiger partial charge in [0.15, 0.2) is 5.65 Å². The van der Waals surface area contributed by atoms with E-state index < -0.39 is 0 Å². The van der Waals surface area contributed by atoms with Gasteiger partial charge in [-0.3, -0.25) is 0 Å². The van der Waals surface area contributed by atoms with Crippen molar-refractivity contribution in [3.8, 4) is 22.4 Å². The molecule has 0 unspecified atom stereocenters. The van der Waals surface area contributed by atoms with E-state index in [1.54, 1.807) is 31.2 Å². The third-order valence-electron chi connectivity index (χ3n) is 3.98. The fourth-order valence-corrected chi connectivity index (χ4v) is 3.09. The van der Waals surface area contributed by atoms with Gasteiger partial charge in [0.25, 0.3) is 0 Å². The topological polar surface area (TPSA) is 63.0 Å². The van der Waals surface area contributed by atoms with Gasteiger partial charge in [-0.05, 0) is 36.8 Å². The van der Waals surface area contributed by atoms with E-state index >= 15 is 0 Å². The minimum atomic E-state index is -0.321. The monoisotopic (exact) mass is 370 g/mol. The molecule has 0 spiro atoms.